The van der Waals surface area contributed by atoms with Crippen LogP contribution in [0.4, 0.5) is 0 Å². The SMILES string of the molecule is Cc1ccc2c(c1)[cH-]c1cc(C)ccc12.Cc1ccc2cc[cH-]c2c1C.[Zr+2]=[C](c1ccccc1)c1ccccc1. The van der Waals surface area contributed by atoms with Crippen LogP contribution in [0.5, 0.6) is 0 Å². The minimum absolute atomic E-state index is 1.33. The van der Waals surface area contributed by atoms with E-state index >= 15 is 0 Å². The average molecular weight is 594 g/mol. The Kier molecular flexibility index (Phi) is 8.83. The molecule has 0 heterocycles. The van der Waals surface area contributed by atoms with Crippen LogP contribution in [0.25, 0.3) is 32.3 Å². The van der Waals surface area contributed by atoms with Crippen molar-refractivity contribution in [2.75, 3.05) is 0 Å². The molecule has 7 aromatic carbocycles. The molecule has 0 spiro atoms. The molecular weight excluding hydrogens is 560 g/mol. The molecule has 40 heavy (non-hydrogen) atoms. The number of aryl methyl sites for hydroxylation is 4. The predicted octanol–water partition coefficient (Wildman–Crippen LogP) is 10.3. The molecule has 0 aliphatic rings. The second kappa shape index (κ2) is 12.7. The molecule has 0 unspecified atom stereocenters. The van der Waals surface area contributed by atoms with E-state index in [1.54, 1.807) is 0 Å². The van der Waals surface area contributed by atoms with Crippen molar-refractivity contribution >= 4 is 35.5 Å². The van der Waals surface area contributed by atoms with Crippen molar-refractivity contribution in [1.29, 1.82) is 0 Å². The van der Waals surface area contributed by atoms with E-state index in [0.29, 0.717) is 0 Å². The Bertz CT molecular complexity index is 1780. The van der Waals surface area contributed by atoms with Gasteiger partial charge in [-0.2, -0.15) is 12.1 Å². The maximum absolute atomic E-state index is 2.28. The normalized spacial score (nSPS) is 10.7. The fourth-order valence-corrected chi connectivity index (χ4v) is 5.93. The van der Waals surface area contributed by atoms with Crippen molar-refractivity contribution < 1.29 is 24.2 Å². The van der Waals surface area contributed by atoms with Crippen molar-refractivity contribution in [3.63, 3.8) is 0 Å². The zero-order chi connectivity index (χ0) is 28.1. The van der Waals surface area contributed by atoms with E-state index in [9.17, 15) is 0 Å². The van der Waals surface area contributed by atoms with Gasteiger partial charge in [-0.3, -0.25) is 0 Å². The first kappa shape index (κ1) is 27.9. The molecule has 0 saturated heterocycles. The Morgan fingerprint density at radius 1 is 0.575 bits per heavy atom. The first-order valence-corrected chi connectivity index (χ1v) is 15.0. The molecule has 0 aromatic heterocycles. The van der Waals surface area contributed by atoms with E-state index < -0.39 is 0 Å². The molecule has 0 bridgehead atoms. The van der Waals surface area contributed by atoms with Gasteiger partial charge in [-0.05, 0) is 20.8 Å². The van der Waals surface area contributed by atoms with E-state index in [1.807, 2.05) is 0 Å². The van der Waals surface area contributed by atoms with Crippen molar-refractivity contribution in [2.24, 2.45) is 0 Å². The molecule has 0 fully saturated rings. The summed E-state index contributed by atoms with van der Waals surface area (Å²) in [6, 6.07) is 47.5. The number of hydrogen-bond donors (Lipinski definition) is 0. The monoisotopic (exact) mass is 592 g/mol. The van der Waals surface area contributed by atoms with Gasteiger partial charge in [-0.25, -0.2) is 0 Å². The van der Waals surface area contributed by atoms with Crippen molar-refractivity contribution in [2.45, 2.75) is 27.7 Å². The van der Waals surface area contributed by atoms with Crippen LogP contribution in [0.2, 0.25) is 0 Å². The van der Waals surface area contributed by atoms with Gasteiger partial charge in [0.15, 0.2) is 0 Å². The Morgan fingerprint density at radius 2 is 1.10 bits per heavy atom. The van der Waals surface area contributed by atoms with Crippen molar-refractivity contribution in [3.8, 4) is 0 Å². The molecule has 0 radical (unpaired) electrons. The van der Waals surface area contributed by atoms with E-state index in [1.165, 1.54) is 93.1 Å². The van der Waals surface area contributed by atoms with Gasteiger partial charge in [-0.1, -0.05) is 53.9 Å². The first-order chi connectivity index (χ1) is 19.4. The van der Waals surface area contributed by atoms with Gasteiger partial charge in [0.25, 0.3) is 0 Å². The van der Waals surface area contributed by atoms with Crippen LogP contribution in [0, 0.1) is 27.7 Å². The van der Waals surface area contributed by atoms with E-state index in [0.717, 1.165) is 0 Å². The van der Waals surface area contributed by atoms with E-state index in [4.69, 9.17) is 0 Å². The second-order valence-electron chi connectivity index (χ2n) is 10.5. The van der Waals surface area contributed by atoms with Crippen molar-refractivity contribution in [1.82, 2.24) is 0 Å². The van der Waals surface area contributed by atoms with Crippen LogP contribution >= 0.6 is 0 Å². The molecule has 1 heteroatoms. The molecule has 7 aromatic rings. The van der Waals surface area contributed by atoms with Crippen LogP contribution in [-0.2, 0) is 24.2 Å². The molecule has 0 saturated carbocycles. The van der Waals surface area contributed by atoms with Gasteiger partial charge in [-0.15, -0.1) is 68.2 Å². The molecule has 7 rings (SSSR count). The fourth-order valence-electron chi connectivity index (χ4n) is 5.11. The number of fused-ring (bicyclic) bond motifs is 4. The molecule has 0 aliphatic carbocycles. The summed E-state index contributed by atoms with van der Waals surface area (Å²) in [7, 11) is 0. The summed E-state index contributed by atoms with van der Waals surface area (Å²) in [6.45, 7) is 8.62. The van der Waals surface area contributed by atoms with Gasteiger partial charge in [0.1, 0.15) is 0 Å². The third-order valence-electron chi connectivity index (χ3n) is 7.50. The van der Waals surface area contributed by atoms with Crippen molar-refractivity contribution in [3.05, 3.63) is 167 Å². The average Bonchev–Trinajstić information content (AvgIpc) is 3.60. The summed E-state index contributed by atoms with van der Waals surface area (Å²) in [5, 5.41) is 8.20. The van der Waals surface area contributed by atoms with Gasteiger partial charge in [0, 0.05) is 0 Å². The van der Waals surface area contributed by atoms with Crippen LogP contribution in [0.1, 0.15) is 33.4 Å². The second-order valence-corrected chi connectivity index (χ2v) is 11.7. The van der Waals surface area contributed by atoms with Gasteiger partial charge in [0.05, 0.1) is 0 Å². The zero-order valence-electron chi connectivity index (χ0n) is 23.7. The topological polar surface area (TPSA) is 0 Å². The number of hydrogen-bond acceptors (Lipinski definition) is 0. The fraction of sp³-hybridized carbons (Fsp3) is 0.103. The predicted molar refractivity (Wildman–Crippen MR) is 172 cm³/mol. The molecule has 194 valence electrons. The summed E-state index contributed by atoms with van der Waals surface area (Å²) < 4.78 is 1.42. The Balaban J connectivity index is 0.000000123. The molecule has 0 amide bonds. The molecule has 0 aliphatic heterocycles. The summed E-state index contributed by atoms with van der Waals surface area (Å²) in [4.78, 5) is 0. The Labute approximate surface area is 253 Å². The number of rotatable bonds is 2. The third-order valence-corrected chi connectivity index (χ3v) is 8.92. The van der Waals surface area contributed by atoms with Crippen LogP contribution in [-0.4, -0.2) is 3.21 Å². The van der Waals surface area contributed by atoms with Gasteiger partial charge >= 0.3 is 99.2 Å². The van der Waals surface area contributed by atoms with Gasteiger partial charge < -0.3 is 0 Å². The minimum atomic E-state index is 1.33. The quantitative estimate of drug-likeness (QED) is 0.175. The van der Waals surface area contributed by atoms with Gasteiger partial charge in [0.2, 0.25) is 0 Å². The summed E-state index contributed by atoms with van der Waals surface area (Å²) in [5.74, 6) is 0. The molecule has 0 nitrogen and oxygen atoms in total. The van der Waals surface area contributed by atoms with Crippen LogP contribution in [0.3, 0.4) is 0 Å². The maximum atomic E-state index is 2.28. The third kappa shape index (κ3) is 6.38. The van der Waals surface area contributed by atoms with E-state index in [-0.39, 0.29) is 0 Å². The Hall–Kier alpha value is -3.67. The van der Waals surface area contributed by atoms with Crippen LogP contribution < -0.4 is 0 Å². The zero-order valence-corrected chi connectivity index (χ0v) is 26.2. The first-order valence-electron chi connectivity index (χ1n) is 13.8. The number of benzene rings is 5. The standard InChI is InChI=1S/C15H13.C13H10.C11H11.Zr/c1-10-3-5-14-12(7-10)9-13-8-11(2)4-6-15(13)14;1-3-7-12(8-4-1)11-13-9-5-2-6-10-13;1-8-6-7-10-4-3-5-11(10)9(8)2;/h3-9H,1-2H3;1-10H;3-7H,1-2H3;/q-1;;-1;+2. The summed E-state index contributed by atoms with van der Waals surface area (Å²) >= 11 is 1.46. The van der Waals surface area contributed by atoms with E-state index in [2.05, 4.69) is 161 Å². The molecular formula is C39H34Zr. The molecule has 0 atom stereocenters. The summed E-state index contributed by atoms with van der Waals surface area (Å²) in [5.41, 5.74) is 8.11. The van der Waals surface area contributed by atoms with Crippen LogP contribution in [0.15, 0.2) is 133 Å². The molecule has 0 N–H and O–H groups in total. The summed E-state index contributed by atoms with van der Waals surface area (Å²) in [6.07, 6.45) is 0. The Morgan fingerprint density at radius 3 is 1.62 bits per heavy atom.